The summed E-state index contributed by atoms with van der Waals surface area (Å²) in [4.78, 5) is 11.9. The molecule has 1 N–H and O–H groups in total. The van der Waals surface area contributed by atoms with Crippen LogP contribution in [0.25, 0.3) is 0 Å². The molecule has 0 spiro atoms. The van der Waals surface area contributed by atoms with E-state index >= 15 is 0 Å². The summed E-state index contributed by atoms with van der Waals surface area (Å²) in [6.45, 7) is 0. The van der Waals surface area contributed by atoms with Gasteiger partial charge in [0.25, 0.3) is 0 Å². The third-order valence-corrected chi connectivity index (χ3v) is 3.46. The second-order valence-corrected chi connectivity index (χ2v) is 5.20. The van der Waals surface area contributed by atoms with Crippen molar-refractivity contribution in [3.63, 3.8) is 0 Å². The minimum Gasteiger partial charge on any atom is -0.454 e. The van der Waals surface area contributed by atoms with Gasteiger partial charge < -0.3 is 10.1 Å². The first-order valence-electron chi connectivity index (χ1n) is 6.56. The maximum atomic E-state index is 11.9. The molecule has 0 aliphatic heterocycles. The fourth-order valence-corrected chi connectivity index (χ4v) is 2.06. The number of anilines is 1. The number of halogens is 1. The fraction of sp³-hybridized carbons (Fsp3) is 0.188. The summed E-state index contributed by atoms with van der Waals surface area (Å²) in [5, 5.41) is 3.44. The molecule has 0 heterocycles. The summed E-state index contributed by atoms with van der Waals surface area (Å²) in [5.41, 5.74) is 0.671. The quantitative estimate of drug-likeness (QED) is 0.900. The van der Waals surface area contributed by atoms with Crippen LogP contribution in [-0.2, 0) is 4.79 Å². The van der Waals surface area contributed by atoms with Gasteiger partial charge in [-0.05, 0) is 37.1 Å². The first-order chi connectivity index (χ1) is 9.74. The van der Waals surface area contributed by atoms with E-state index in [0.717, 1.165) is 12.8 Å². The molecular weight excluding hydrogens is 274 g/mol. The van der Waals surface area contributed by atoms with Gasteiger partial charge in [0, 0.05) is 5.92 Å². The number of para-hydroxylation sites is 3. The molecule has 3 nitrogen and oxygen atoms in total. The van der Waals surface area contributed by atoms with Gasteiger partial charge in [0.1, 0.15) is 5.75 Å². The van der Waals surface area contributed by atoms with Gasteiger partial charge in [0.2, 0.25) is 5.91 Å². The molecular formula is C16H14ClNO2. The van der Waals surface area contributed by atoms with Gasteiger partial charge in [-0.25, -0.2) is 0 Å². The average Bonchev–Trinajstić information content (AvgIpc) is 3.28. The van der Waals surface area contributed by atoms with Gasteiger partial charge in [0.05, 0.1) is 10.7 Å². The van der Waals surface area contributed by atoms with Gasteiger partial charge in [-0.1, -0.05) is 35.9 Å². The molecule has 1 aliphatic carbocycles. The van der Waals surface area contributed by atoms with Crippen LogP contribution in [0.5, 0.6) is 11.5 Å². The Balaban J connectivity index is 1.82. The highest BCUT2D eigenvalue weighted by molar-refractivity contribution is 6.32. The van der Waals surface area contributed by atoms with Crippen LogP contribution in [-0.4, -0.2) is 5.91 Å². The maximum Gasteiger partial charge on any atom is 0.227 e. The SMILES string of the molecule is O=C(Nc1ccccc1Oc1ccccc1Cl)C1CC1. The molecule has 102 valence electrons. The van der Waals surface area contributed by atoms with Gasteiger partial charge in [-0.2, -0.15) is 0 Å². The monoisotopic (exact) mass is 287 g/mol. The van der Waals surface area contributed by atoms with E-state index in [2.05, 4.69) is 5.32 Å². The second kappa shape index (κ2) is 5.55. The highest BCUT2D eigenvalue weighted by Gasteiger charge is 2.30. The first kappa shape index (κ1) is 13.0. The molecule has 2 aromatic carbocycles. The number of nitrogens with one attached hydrogen (secondary N) is 1. The summed E-state index contributed by atoms with van der Waals surface area (Å²) in [6.07, 6.45) is 1.94. The van der Waals surface area contributed by atoms with E-state index in [4.69, 9.17) is 16.3 Å². The number of amides is 1. The van der Waals surface area contributed by atoms with Crippen molar-refractivity contribution in [3.05, 3.63) is 53.6 Å². The molecule has 0 aromatic heterocycles. The zero-order chi connectivity index (χ0) is 13.9. The van der Waals surface area contributed by atoms with Crippen molar-refractivity contribution in [2.75, 3.05) is 5.32 Å². The molecule has 1 amide bonds. The van der Waals surface area contributed by atoms with E-state index in [1.807, 2.05) is 36.4 Å². The van der Waals surface area contributed by atoms with Crippen LogP contribution in [0.1, 0.15) is 12.8 Å². The first-order valence-corrected chi connectivity index (χ1v) is 6.94. The van der Waals surface area contributed by atoms with Crippen LogP contribution in [0.3, 0.4) is 0 Å². The Morgan fingerprint density at radius 3 is 2.40 bits per heavy atom. The molecule has 1 aliphatic rings. The summed E-state index contributed by atoms with van der Waals surface area (Å²) >= 11 is 6.08. The lowest BCUT2D eigenvalue weighted by Crippen LogP contribution is -2.13. The molecule has 0 saturated heterocycles. The zero-order valence-electron chi connectivity index (χ0n) is 10.8. The number of hydrogen-bond donors (Lipinski definition) is 1. The Morgan fingerprint density at radius 1 is 1.05 bits per heavy atom. The minimum absolute atomic E-state index is 0.0557. The van der Waals surface area contributed by atoms with Gasteiger partial charge in [-0.15, -0.1) is 0 Å². The zero-order valence-corrected chi connectivity index (χ0v) is 11.6. The molecule has 0 atom stereocenters. The molecule has 3 rings (SSSR count). The van der Waals surface area contributed by atoms with Crippen molar-refractivity contribution >= 4 is 23.2 Å². The lowest BCUT2D eigenvalue weighted by molar-refractivity contribution is -0.117. The summed E-state index contributed by atoms with van der Waals surface area (Å²) in [6, 6.07) is 14.6. The third kappa shape index (κ3) is 2.94. The average molecular weight is 288 g/mol. The lowest BCUT2D eigenvalue weighted by Gasteiger charge is -2.12. The van der Waals surface area contributed by atoms with Crippen LogP contribution in [0.4, 0.5) is 5.69 Å². The molecule has 1 saturated carbocycles. The largest absolute Gasteiger partial charge is 0.454 e. The van der Waals surface area contributed by atoms with E-state index in [-0.39, 0.29) is 11.8 Å². The van der Waals surface area contributed by atoms with Crippen LogP contribution in [0, 0.1) is 5.92 Å². The Hall–Kier alpha value is -2.00. The normalized spacial score (nSPS) is 13.8. The number of hydrogen-bond acceptors (Lipinski definition) is 2. The van der Waals surface area contributed by atoms with E-state index in [1.54, 1.807) is 12.1 Å². The smallest absolute Gasteiger partial charge is 0.227 e. The van der Waals surface area contributed by atoms with Crippen LogP contribution < -0.4 is 10.1 Å². The van der Waals surface area contributed by atoms with Gasteiger partial charge in [-0.3, -0.25) is 4.79 Å². The summed E-state index contributed by atoms with van der Waals surface area (Å²) < 4.78 is 5.79. The maximum absolute atomic E-state index is 11.9. The molecule has 4 heteroatoms. The van der Waals surface area contributed by atoms with Crippen LogP contribution in [0.15, 0.2) is 48.5 Å². The highest BCUT2D eigenvalue weighted by Crippen LogP contribution is 2.35. The predicted molar refractivity (Wildman–Crippen MR) is 79.3 cm³/mol. The Labute approximate surface area is 122 Å². The standard InChI is InChI=1S/C16H14ClNO2/c17-12-5-1-3-7-14(12)20-15-8-4-2-6-13(15)18-16(19)11-9-10-11/h1-8,11H,9-10H2,(H,18,19). The van der Waals surface area contributed by atoms with Crippen molar-refractivity contribution in [2.45, 2.75) is 12.8 Å². The van der Waals surface area contributed by atoms with Crippen molar-refractivity contribution in [1.29, 1.82) is 0 Å². The van der Waals surface area contributed by atoms with Crippen LogP contribution >= 0.6 is 11.6 Å². The Kier molecular flexibility index (Phi) is 3.61. The number of carbonyl (C=O) groups excluding carboxylic acids is 1. The summed E-state index contributed by atoms with van der Waals surface area (Å²) in [7, 11) is 0. The molecule has 0 unspecified atom stereocenters. The van der Waals surface area contributed by atoms with E-state index < -0.39 is 0 Å². The predicted octanol–water partition coefficient (Wildman–Crippen LogP) is 4.48. The number of carbonyl (C=O) groups is 1. The number of ether oxygens (including phenoxy) is 1. The molecule has 1 fully saturated rings. The van der Waals surface area contributed by atoms with Gasteiger partial charge >= 0.3 is 0 Å². The van der Waals surface area contributed by atoms with Crippen molar-refractivity contribution in [1.82, 2.24) is 0 Å². The molecule has 0 bridgehead atoms. The Morgan fingerprint density at radius 2 is 1.70 bits per heavy atom. The van der Waals surface area contributed by atoms with Gasteiger partial charge in [0.15, 0.2) is 5.75 Å². The van der Waals surface area contributed by atoms with Crippen molar-refractivity contribution in [2.24, 2.45) is 5.92 Å². The fourth-order valence-electron chi connectivity index (χ4n) is 1.89. The van der Waals surface area contributed by atoms with Crippen molar-refractivity contribution in [3.8, 4) is 11.5 Å². The molecule has 0 radical (unpaired) electrons. The third-order valence-electron chi connectivity index (χ3n) is 3.15. The highest BCUT2D eigenvalue weighted by atomic mass is 35.5. The Bertz CT molecular complexity index is 638. The summed E-state index contributed by atoms with van der Waals surface area (Å²) in [5.74, 6) is 1.38. The van der Waals surface area contributed by atoms with E-state index in [0.29, 0.717) is 22.2 Å². The molecule has 2 aromatic rings. The molecule has 20 heavy (non-hydrogen) atoms. The second-order valence-electron chi connectivity index (χ2n) is 4.79. The number of rotatable bonds is 4. The lowest BCUT2D eigenvalue weighted by atomic mass is 10.2. The van der Waals surface area contributed by atoms with Crippen LogP contribution in [0.2, 0.25) is 5.02 Å². The topological polar surface area (TPSA) is 38.3 Å². The minimum atomic E-state index is 0.0557. The van der Waals surface area contributed by atoms with E-state index in [9.17, 15) is 4.79 Å². The van der Waals surface area contributed by atoms with E-state index in [1.165, 1.54) is 0 Å². The number of benzene rings is 2. The van der Waals surface area contributed by atoms with Crippen molar-refractivity contribution < 1.29 is 9.53 Å².